The second-order valence-corrected chi connectivity index (χ2v) is 7.20. The van der Waals surface area contributed by atoms with Crippen LogP contribution in [0.15, 0.2) is 24.3 Å². The SMILES string of the molecule is Cc1[nH]c(C(=O)N[C@@H]2CCCc3ccccc32)c(C)c1C(=O)OC(C)C. The van der Waals surface area contributed by atoms with Crippen LogP contribution in [-0.2, 0) is 11.2 Å². The van der Waals surface area contributed by atoms with Gasteiger partial charge in [-0.05, 0) is 63.6 Å². The second-order valence-electron chi connectivity index (χ2n) is 7.20. The van der Waals surface area contributed by atoms with Crippen LogP contribution in [0.2, 0.25) is 0 Å². The normalized spacial score (nSPS) is 16.3. The molecule has 1 aliphatic rings. The lowest BCUT2D eigenvalue weighted by molar-refractivity contribution is 0.0376. The number of fused-ring (bicyclic) bond motifs is 1. The summed E-state index contributed by atoms with van der Waals surface area (Å²) in [5.41, 5.74) is 4.66. The van der Waals surface area contributed by atoms with Crippen molar-refractivity contribution in [2.45, 2.75) is 59.1 Å². The van der Waals surface area contributed by atoms with E-state index in [2.05, 4.69) is 22.4 Å². The third-order valence-electron chi connectivity index (χ3n) is 4.89. The van der Waals surface area contributed by atoms with Crippen molar-refractivity contribution in [3.63, 3.8) is 0 Å². The molecule has 1 aromatic carbocycles. The number of aromatic nitrogens is 1. The molecule has 0 aliphatic heterocycles. The van der Waals surface area contributed by atoms with Crippen molar-refractivity contribution in [1.29, 1.82) is 0 Å². The van der Waals surface area contributed by atoms with Crippen LogP contribution in [0, 0.1) is 13.8 Å². The minimum absolute atomic E-state index is 0.00141. The Labute approximate surface area is 154 Å². The maximum atomic E-state index is 12.9. The lowest BCUT2D eigenvalue weighted by Crippen LogP contribution is -2.31. The van der Waals surface area contributed by atoms with Gasteiger partial charge in [-0.3, -0.25) is 4.79 Å². The number of hydrogen-bond acceptors (Lipinski definition) is 3. The molecule has 5 heteroatoms. The van der Waals surface area contributed by atoms with Gasteiger partial charge in [0.25, 0.3) is 5.91 Å². The topological polar surface area (TPSA) is 71.2 Å². The zero-order valence-corrected chi connectivity index (χ0v) is 15.8. The standard InChI is InChI=1S/C21H26N2O3/c1-12(2)26-21(25)18-13(3)19(22-14(18)4)20(24)23-17-11-7-9-15-8-5-6-10-16(15)17/h5-6,8,10,12,17,22H,7,9,11H2,1-4H3,(H,23,24)/t17-/m1/s1. The molecule has 0 radical (unpaired) electrons. The van der Waals surface area contributed by atoms with Gasteiger partial charge in [-0.15, -0.1) is 0 Å². The van der Waals surface area contributed by atoms with Gasteiger partial charge in [0.05, 0.1) is 17.7 Å². The summed E-state index contributed by atoms with van der Waals surface area (Å²) >= 11 is 0. The summed E-state index contributed by atoms with van der Waals surface area (Å²) in [6.07, 6.45) is 2.82. The molecule has 0 saturated carbocycles. The number of nitrogens with one attached hydrogen (secondary N) is 2. The number of hydrogen-bond donors (Lipinski definition) is 2. The molecule has 2 N–H and O–H groups in total. The van der Waals surface area contributed by atoms with Crippen LogP contribution in [0.4, 0.5) is 0 Å². The predicted octanol–water partition coefficient (Wildman–Crippen LogP) is 4.00. The molecule has 26 heavy (non-hydrogen) atoms. The Morgan fingerprint density at radius 1 is 1.23 bits per heavy atom. The Hall–Kier alpha value is -2.56. The van der Waals surface area contributed by atoms with Crippen LogP contribution in [-0.4, -0.2) is 23.0 Å². The number of aryl methyl sites for hydroxylation is 2. The van der Waals surface area contributed by atoms with Gasteiger partial charge in [0.15, 0.2) is 0 Å². The maximum absolute atomic E-state index is 12.9. The van der Waals surface area contributed by atoms with Crippen molar-refractivity contribution in [1.82, 2.24) is 10.3 Å². The highest BCUT2D eigenvalue weighted by molar-refractivity contribution is 6.00. The summed E-state index contributed by atoms with van der Waals surface area (Å²) in [4.78, 5) is 28.2. The molecule has 138 valence electrons. The third-order valence-corrected chi connectivity index (χ3v) is 4.89. The highest BCUT2D eigenvalue weighted by Crippen LogP contribution is 2.30. The molecule has 1 amide bonds. The minimum Gasteiger partial charge on any atom is -0.459 e. The molecule has 1 atom stereocenters. The monoisotopic (exact) mass is 354 g/mol. The van der Waals surface area contributed by atoms with Gasteiger partial charge < -0.3 is 15.0 Å². The van der Waals surface area contributed by atoms with Gasteiger partial charge >= 0.3 is 5.97 Å². The zero-order chi connectivity index (χ0) is 18.8. The van der Waals surface area contributed by atoms with E-state index in [-0.39, 0.29) is 18.1 Å². The smallest absolute Gasteiger partial charge is 0.340 e. The van der Waals surface area contributed by atoms with E-state index in [1.807, 2.05) is 26.0 Å². The fourth-order valence-electron chi connectivity index (χ4n) is 3.69. The van der Waals surface area contributed by atoms with E-state index in [0.717, 1.165) is 19.3 Å². The average Bonchev–Trinajstić information content (AvgIpc) is 2.89. The molecule has 3 rings (SSSR count). The van der Waals surface area contributed by atoms with Crippen LogP contribution >= 0.6 is 0 Å². The zero-order valence-electron chi connectivity index (χ0n) is 15.8. The molecule has 1 heterocycles. The van der Waals surface area contributed by atoms with Gasteiger partial charge in [-0.25, -0.2) is 4.79 Å². The number of amides is 1. The van der Waals surface area contributed by atoms with Gasteiger partial charge in [0.2, 0.25) is 0 Å². The highest BCUT2D eigenvalue weighted by Gasteiger charge is 2.26. The maximum Gasteiger partial charge on any atom is 0.340 e. The summed E-state index contributed by atoms with van der Waals surface area (Å²) in [6.45, 7) is 7.19. The van der Waals surface area contributed by atoms with Crippen LogP contribution in [0.1, 0.15) is 76.0 Å². The van der Waals surface area contributed by atoms with Crippen molar-refractivity contribution >= 4 is 11.9 Å². The molecule has 5 nitrogen and oxygen atoms in total. The molecule has 0 unspecified atom stereocenters. The van der Waals surface area contributed by atoms with E-state index in [1.165, 1.54) is 11.1 Å². The van der Waals surface area contributed by atoms with E-state index in [0.29, 0.717) is 22.5 Å². The number of ether oxygens (including phenoxy) is 1. The molecule has 0 fully saturated rings. The van der Waals surface area contributed by atoms with Crippen LogP contribution in [0.3, 0.4) is 0 Å². The van der Waals surface area contributed by atoms with E-state index in [4.69, 9.17) is 4.74 Å². The molecule has 1 aromatic heterocycles. The number of H-pyrrole nitrogens is 1. The van der Waals surface area contributed by atoms with Crippen molar-refractivity contribution in [3.05, 3.63) is 57.9 Å². The van der Waals surface area contributed by atoms with Crippen molar-refractivity contribution in [2.75, 3.05) is 0 Å². The molecule has 0 saturated heterocycles. The minimum atomic E-state index is -0.395. The Balaban J connectivity index is 1.83. The first-order valence-electron chi connectivity index (χ1n) is 9.17. The Bertz CT molecular complexity index is 836. The molecule has 0 spiro atoms. The Morgan fingerprint density at radius 3 is 2.69 bits per heavy atom. The van der Waals surface area contributed by atoms with Crippen molar-refractivity contribution in [3.8, 4) is 0 Å². The van der Waals surface area contributed by atoms with Gasteiger partial charge in [0, 0.05) is 5.69 Å². The van der Waals surface area contributed by atoms with Crippen molar-refractivity contribution < 1.29 is 14.3 Å². The summed E-state index contributed by atoms with van der Waals surface area (Å²) < 4.78 is 5.30. The fraction of sp³-hybridized carbons (Fsp3) is 0.429. The van der Waals surface area contributed by atoms with E-state index in [1.54, 1.807) is 13.8 Å². The fourth-order valence-corrected chi connectivity index (χ4v) is 3.69. The Morgan fingerprint density at radius 2 is 1.96 bits per heavy atom. The van der Waals surface area contributed by atoms with Gasteiger partial charge in [0.1, 0.15) is 5.69 Å². The van der Waals surface area contributed by atoms with E-state index in [9.17, 15) is 9.59 Å². The molecule has 0 bridgehead atoms. The molecule has 1 aliphatic carbocycles. The quantitative estimate of drug-likeness (QED) is 0.815. The first kappa shape index (κ1) is 18.2. The van der Waals surface area contributed by atoms with Crippen molar-refractivity contribution in [2.24, 2.45) is 0 Å². The van der Waals surface area contributed by atoms with Crippen LogP contribution < -0.4 is 5.32 Å². The first-order valence-corrected chi connectivity index (χ1v) is 9.17. The Kier molecular flexibility index (Phi) is 5.16. The van der Waals surface area contributed by atoms with E-state index >= 15 is 0 Å². The van der Waals surface area contributed by atoms with Gasteiger partial charge in [-0.1, -0.05) is 24.3 Å². The molecular formula is C21H26N2O3. The largest absolute Gasteiger partial charge is 0.459 e. The number of carbonyl (C=O) groups excluding carboxylic acids is 2. The number of aromatic amines is 1. The van der Waals surface area contributed by atoms with E-state index < -0.39 is 5.97 Å². The predicted molar refractivity (Wildman–Crippen MR) is 100 cm³/mol. The third kappa shape index (κ3) is 3.52. The lowest BCUT2D eigenvalue weighted by Gasteiger charge is -2.26. The summed E-state index contributed by atoms with van der Waals surface area (Å²) in [7, 11) is 0. The number of rotatable bonds is 4. The average molecular weight is 354 g/mol. The molecular weight excluding hydrogens is 328 g/mol. The number of carbonyl (C=O) groups is 2. The first-order chi connectivity index (χ1) is 12.4. The summed E-state index contributed by atoms with van der Waals surface area (Å²) in [6, 6.07) is 8.25. The summed E-state index contributed by atoms with van der Waals surface area (Å²) in [5, 5.41) is 3.13. The number of esters is 1. The van der Waals surface area contributed by atoms with Crippen LogP contribution in [0.25, 0.3) is 0 Å². The second kappa shape index (κ2) is 7.36. The highest BCUT2D eigenvalue weighted by atomic mass is 16.5. The molecule has 2 aromatic rings. The lowest BCUT2D eigenvalue weighted by atomic mass is 9.87. The van der Waals surface area contributed by atoms with Gasteiger partial charge in [-0.2, -0.15) is 0 Å². The number of benzene rings is 1. The van der Waals surface area contributed by atoms with Crippen LogP contribution in [0.5, 0.6) is 0 Å². The summed E-state index contributed by atoms with van der Waals surface area (Å²) in [5.74, 6) is -0.579.